The molecule has 0 saturated carbocycles. The zero-order valence-corrected chi connectivity index (χ0v) is 16.4. The van der Waals surface area contributed by atoms with Crippen molar-refractivity contribution in [3.63, 3.8) is 0 Å². The van der Waals surface area contributed by atoms with E-state index in [4.69, 9.17) is 19.3 Å². The van der Waals surface area contributed by atoms with Crippen molar-refractivity contribution in [2.45, 2.75) is 30.7 Å². The first-order valence-electron chi connectivity index (χ1n) is 9.34. The molecule has 7 N–H and O–H groups in total. The number of rotatable bonds is 9. The summed E-state index contributed by atoms with van der Waals surface area (Å²) in [6.45, 7) is -1.48. The molecule has 2 rings (SSSR count). The fourth-order valence-electron chi connectivity index (χ4n) is 2.66. The van der Waals surface area contributed by atoms with Crippen molar-refractivity contribution in [2.24, 2.45) is 0 Å². The molecule has 172 valence electrons. The number of ether oxygens (including phenoxy) is 3. The first-order valence-corrected chi connectivity index (χ1v) is 9.34. The normalized spacial score (nSPS) is 26.9. The van der Waals surface area contributed by atoms with Gasteiger partial charge in [0.1, 0.15) is 31.0 Å². The second kappa shape index (κ2) is 11.8. The smallest absolute Gasteiger partial charge is 0.331 e. The third kappa shape index (κ3) is 7.01. The number of aliphatic hydroxyl groups excluding tert-OH is 5. The molecule has 0 bridgehead atoms. The molecule has 1 aliphatic rings. The van der Waals surface area contributed by atoms with Crippen molar-refractivity contribution in [2.75, 3.05) is 26.4 Å². The van der Waals surface area contributed by atoms with Crippen molar-refractivity contribution in [3.8, 4) is 11.5 Å². The predicted octanol–water partition coefficient (Wildman–Crippen LogP) is -1.61. The van der Waals surface area contributed by atoms with Crippen molar-refractivity contribution in [3.05, 3.63) is 41.5 Å². The molecule has 0 aromatic heterocycles. The summed E-state index contributed by atoms with van der Waals surface area (Å²) in [5.41, 5.74) is 0.754. The average molecular weight is 442 g/mol. The topological polar surface area (TPSA) is 186 Å². The van der Waals surface area contributed by atoms with E-state index in [0.29, 0.717) is 5.56 Å². The molecule has 11 nitrogen and oxygen atoms in total. The van der Waals surface area contributed by atoms with E-state index in [1.807, 2.05) is 0 Å². The van der Waals surface area contributed by atoms with E-state index >= 15 is 0 Å². The number of carbonyl (C=O) groups is 1. The molecule has 11 heteroatoms. The number of hydrogen-bond donors (Lipinski definition) is 7. The molecular formula is C20H26O11. The highest BCUT2D eigenvalue weighted by Gasteiger charge is 2.44. The number of carbonyl (C=O) groups excluding carboxylic acids is 1. The van der Waals surface area contributed by atoms with Gasteiger partial charge in [-0.15, -0.1) is 0 Å². The van der Waals surface area contributed by atoms with E-state index in [9.17, 15) is 35.4 Å². The minimum absolute atomic E-state index is 0.196. The summed E-state index contributed by atoms with van der Waals surface area (Å²) in [4.78, 5) is 11.8. The first kappa shape index (κ1) is 24.8. The maximum atomic E-state index is 11.8. The van der Waals surface area contributed by atoms with Crippen molar-refractivity contribution < 1.29 is 54.8 Å². The van der Waals surface area contributed by atoms with Crippen LogP contribution < -0.4 is 0 Å². The van der Waals surface area contributed by atoms with Gasteiger partial charge in [0, 0.05) is 6.08 Å². The van der Waals surface area contributed by atoms with Crippen LogP contribution in [-0.4, -0.2) is 98.8 Å². The van der Waals surface area contributed by atoms with E-state index in [0.717, 1.165) is 6.08 Å². The summed E-state index contributed by atoms with van der Waals surface area (Å²) >= 11 is 0. The first-order chi connectivity index (χ1) is 14.8. The quantitative estimate of drug-likeness (QED) is 0.101. The highest BCUT2D eigenvalue weighted by atomic mass is 16.7. The fraction of sp³-hybridized carbons (Fsp3) is 0.450. The lowest BCUT2D eigenvalue weighted by atomic mass is 9.99. The Morgan fingerprint density at radius 1 is 1.06 bits per heavy atom. The number of phenolic OH excluding ortho intramolecular Hbond substituents is 2. The highest BCUT2D eigenvalue weighted by molar-refractivity contribution is 5.87. The van der Waals surface area contributed by atoms with E-state index < -0.39 is 49.9 Å². The summed E-state index contributed by atoms with van der Waals surface area (Å²) in [5.74, 6) is -1.31. The summed E-state index contributed by atoms with van der Waals surface area (Å²) in [6.07, 6.45) is -3.26. The standard InChI is InChI=1S/C20H26O11/c21-8-12(10-30-20-19(28)18(27)17(26)15(9-22)31-20)5-6-29-16(25)4-2-11-1-3-13(23)14(24)7-11/h1-5,7,15,17-24,26-28H,6,8-10H2. The van der Waals surface area contributed by atoms with Crippen molar-refractivity contribution in [1.29, 1.82) is 0 Å². The number of aromatic hydroxyl groups is 2. The van der Waals surface area contributed by atoms with Gasteiger partial charge in [0.15, 0.2) is 17.8 Å². The second-order valence-corrected chi connectivity index (χ2v) is 6.74. The zero-order valence-electron chi connectivity index (χ0n) is 16.4. The molecule has 1 heterocycles. The Labute approximate surface area is 177 Å². The van der Waals surface area contributed by atoms with Crippen LogP contribution in [0.15, 0.2) is 35.9 Å². The minimum Gasteiger partial charge on any atom is -0.504 e. The molecule has 31 heavy (non-hydrogen) atoms. The summed E-state index contributed by atoms with van der Waals surface area (Å²) in [7, 11) is 0. The molecule has 5 atom stereocenters. The Balaban J connectivity index is 1.83. The van der Waals surface area contributed by atoms with Gasteiger partial charge < -0.3 is 50.0 Å². The summed E-state index contributed by atoms with van der Waals surface area (Å²) < 4.78 is 15.5. The van der Waals surface area contributed by atoms with Crippen LogP contribution in [0.4, 0.5) is 0 Å². The summed E-state index contributed by atoms with van der Waals surface area (Å²) in [5, 5.41) is 66.6. The van der Waals surface area contributed by atoms with Crippen LogP contribution in [-0.2, 0) is 19.0 Å². The van der Waals surface area contributed by atoms with Crippen LogP contribution >= 0.6 is 0 Å². The van der Waals surface area contributed by atoms with Gasteiger partial charge in [0.2, 0.25) is 0 Å². The molecule has 1 saturated heterocycles. The maximum absolute atomic E-state index is 11.8. The highest BCUT2D eigenvalue weighted by Crippen LogP contribution is 2.25. The summed E-state index contributed by atoms with van der Waals surface area (Å²) in [6, 6.07) is 4.02. The Kier molecular flexibility index (Phi) is 9.40. The van der Waals surface area contributed by atoms with Gasteiger partial charge in [-0.3, -0.25) is 0 Å². The molecule has 1 aromatic rings. The Morgan fingerprint density at radius 2 is 1.81 bits per heavy atom. The SMILES string of the molecule is O=C(C=Cc1ccc(O)c(O)c1)OCC=C(CO)COC1OC(CO)C(O)C(O)C1O. The number of aliphatic hydroxyl groups is 5. The third-order valence-corrected chi connectivity index (χ3v) is 4.49. The van der Waals surface area contributed by atoms with Crippen LogP contribution in [0.5, 0.6) is 11.5 Å². The lowest BCUT2D eigenvalue weighted by Gasteiger charge is -2.39. The molecule has 1 fully saturated rings. The van der Waals surface area contributed by atoms with Crippen molar-refractivity contribution >= 4 is 12.0 Å². The van der Waals surface area contributed by atoms with Gasteiger partial charge in [-0.1, -0.05) is 6.07 Å². The van der Waals surface area contributed by atoms with E-state index in [1.165, 1.54) is 30.4 Å². The largest absolute Gasteiger partial charge is 0.504 e. The Hall–Kier alpha value is -2.51. The molecule has 0 amide bonds. The van der Waals surface area contributed by atoms with Gasteiger partial charge in [-0.05, 0) is 35.4 Å². The average Bonchev–Trinajstić information content (AvgIpc) is 2.76. The van der Waals surface area contributed by atoms with Gasteiger partial charge in [0.05, 0.1) is 19.8 Å². The molecule has 1 aromatic carbocycles. The molecule has 0 radical (unpaired) electrons. The Morgan fingerprint density at radius 3 is 2.45 bits per heavy atom. The van der Waals surface area contributed by atoms with Crippen LogP contribution in [0.1, 0.15) is 5.56 Å². The van der Waals surface area contributed by atoms with E-state index in [-0.39, 0.29) is 30.3 Å². The van der Waals surface area contributed by atoms with Crippen LogP contribution in [0.3, 0.4) is 0 Å². The Bertz CT molecular complexity index is 789. The minimum atomic E-state index is -1.58. The van der Waals surface area contributed by atoms with Gasteiger partial charge in [-0.25, -0.2) is 4.79 Å². The molecule has 1 aliphatic heterocycles. The number of hydrogen-bond acceptors (Lipinski definition) is 11. The van der Waals surface area contributed by atoms with E-state index in [2.05, 4.69) is 0 Å². The molecule has 0 aliphatic carbocycles. The molecule has 0 spiro atoms. The van der Waals surface area contributed by atoms with Gasteiger partial charge in [-0.2, -0.15) is 0 Å². The predicted molar refractivity (Wildman–Crippen MR) is 105 cm³/mol. The lowest BCUT2D eigenvalue weighted by molar-refractivity contribution is -0.299. The number of esters is 1. The van der Waals surface area contributed by atoms with Crippen molar-refractivity contribution in [1.82, 2.24) is 0 Å². The maximum Gasteiger partial charge on any atom is 0.331 e. The third-order valence-electron chi connectivity index (χ3n) is 4.49. The monoisotopic (exact) mass is 442 g/mol. The number of phenols is 2. The van der Waals surface area contributed by atoms with Crippen LogP contribution in [0.25, 0.3) is 6.08 Å². The molecular weight excluding hydrogens is 416 g/mol. The second-order valence-electron chi connectivity index (χ2n) is 6.74. The van der Waals surface area contributed by atoms with E-state index in [1.54, 1.807) is 0 Å². The van der Waals surface area contributed by atoms with Gasteiger partial charge >= 0.3 is 5.97 Å². The van der Waals surface area contributed by atoms with Crippen LogP contribution in [0, 0.1) is 0 Å². The number of benzene rings is 1. The lowest BCUT2D eigenvalue weighted by Crippen LogP contribution is -2.59. The zero-order chi connectivity index (χ0) is 23.0. The molecule has 5 unspecified atom stereocenters. The van der Waals surface area contributed by atoms with Gasteiger partial charge in [0.25, 0.3) is 0 Å². The van der Waals surface area contributed by atoms with Crippen LogP contribution in [0.2, 0.25) is 0 Å². The fourth-order valence-corrected chi connectivity index (χ4v) is 2.66.